The van der Waals surface area contributed by atoms with E-state index in [2.05, 4.69) is 73.3 Å². The van der Waals surface area contributed by atoms with Gasteiger partial charge in [0.05, 0.1) is 0 Å². The van der Waals surface area contributed by atoms with Crippen LogP contribution in [0, 0.1) is 0 Å². The number of benzene rings is 1. The lowest BCUT2D eigenvalue weighted by Crippen LogP contribution is -2.39. The molecule has 0 radical (unpaired) electrons. The van der Waals surface area contributed by atoms with Gasteiger partial charge in [0.2, 0.25) is 0 Å². The van der Waals surface area contributed by atoms with E-state index in [0.717, 1.165) is 6.42 Å². The third-order valence-electron chi connectivity index (χ3n) is 6.17. The summed E-state index contributed by atoms with van der Waals surface area (Å²) in [6.07, 6.45) is 23.9. The Balaban J connectivity index is 1.56. The number of hydrogen-bond acceptors (Lipinski definition) is 0. The highest BCUT2D eigenvalue weighted by molar-refractivity contribution is 5.17. The van der Waals surface area contributed by atoms with Crippen LogP contribution >= 0.6 is 0 Å². The first-order valence-electron chi connectivity index (χ1n) is 12.4. The quantitative estimate of drug-likeness (QED) is 0.199. The van der Waals surface area contributed by atoms with Crippen molar-refractivity contribution in [1.29, 1.82) is 0 Å². The summed E-state index contributed by atoms with van der Waals surface area (Å²) in [5.74, 6) is 0. The van der Waals surface area contributed by atoms with Crippen molar-refractivity contribution < 1.29 is 4.57 Å². The first-order valence-corrected chi connectivity index (χ1v) is 12.4. The van der Waals surface area contributed by atoms with E-state index in [1.165, 1.54) is 94.6 Å². The Morgan fingerprint density at radius 3 is 1.66 bits per heavy atom. The summed E-state index contributed by atoms with van der Waals surface area (Å²) in [5.41, 5.74) is 2.88. The highest BCUT2D eigenvalue weighted by Gasteiger charge is 2.17. The molecule has 1 unspecified atom stereocenters. The average Bonchev–Trinajstić information content (AvgIpc) is 2.77. The van der Waals surface area contributed by atoms with Crippen molar-refractivity contribution in [2.45, 2.75) is 110 Å². The van der Waals surface area contributed by atoms with Crippen LogP contribution in [0.3, 0.4) is 0 Å². The fraction of sp³-hybridized carbons (Fsp3) is 0.607. The van der Waals surface area contributed by atoms with Gasteiger partial charge in [-0.3, -0.25) is 0 Å². The van der Waals surface area contributed by atoms with E-state index < -0.39 is 0 Å². The molecule has 0 spiro atoms. The molecule has 0 aliphatic carbocycles. The van der Waals surface area contributed by atoms with Crippen LogP contribution in [0.4, 0.5) is 0 Å². The monoisotopic (exact) mass is 394 g/mol. The predicted molar refractivity (Wildman–Crippen MR) is 126 cm³/mol. The van der Waals surface area contributed by atoms with Crippen LogP contribution in [0.25, 0.3) is 0 Å². The minimum atomic E-state index is 0.442. The molecule has 29 heavy (non-hydrogen) atoms. The van der Waals surface area contributed by atoms with Gasteiger partial charge in [0.15, 0.2) is 18.4 Å². The Morgan fingerprint density at radius 2 is 1.14 bits per heavy atom. The van der Waals surface area contributed by atoms with Crippen molar-refractivity contribution in [2.75, 3.05) is 0 Å². The van der Waals surface area contributed by atoms with Crippen LogP contribution in [0.5, 0.6) is 0 Å². The summed E-state index contributed by atoms with van der Waals surface area (Å²) in [6, 6.07) is 15.9. The molecule has 1 heteroatoms. The highest BCUT2D eigenvalue weighted by Crippen LogP contribution is 2.16. The molecule has 2 aromatic rings. The number of rotatable bonds is 16. The van der Waals surface area contributed by atoms with E-state index >= 15 is 0 Å². The summed E-state index contributed by atoms with van der Waals surface area (Å²) >= 11 is 0. The molecule has 0 aliphatic heterocycles. The Kier molecular flexibility index (Phi) is 12.4. The Labute approximate surface area is 180 Å². The zero-order valence-electron chi connectivity index (χ0n) is 19.1. The van der Waals surface area contributed by atoms with E-state index in [1.807, 2.05) is 0 Å². The highest BCUT2D eigenvalue weighted by atomic mass is 15.0. The third-order valence-corrected chi connectivity index (χ3v) is 6.17. The van der Waals surface area contributed by atoms with Gasteiger partial charge in [-0.15, -0.1) is 0 Å². The third kappa shape index (κ3) is 9.61. The minimum absolute atomic E-state index is 0.442. The molecule has 0 aliphatic rings. The van der Waals surface area contributed by atoms with Crippen molar-refractivity contribution in [2.24, 2.45) is 0 Å². The van der Waals surface area contributed by atoms with Crippen LogP contribution in [0.1, 0.15) is 114 Å². The van der Waals surface area contributed by atoms with E-state index in [-0.39, 0.29) is 0 Å². The Hall–Kier alpha value is -1.63. The molecule has 160 valence electrons. The second-order valence-corrected chi connectivity index (χ2v) is 8.63. The molecule has 1 aromatic carbocycles. The smallest absolute Gasteiger partial charge is 0.183 e. The van der Waals surface area contributed by atoms with Crippen LogP contribution in [0.15, 0.2) is 54.9 Å². The molecule has 1 atom stereocenters. The second kappa shape index (κ2) is 15.2. The molecule has 0 saturated carbocycles. The van der Waals surface area contributed by atoms with Crippen LogP contribution in [0.2, 0.25) is 0 Å². The van der Waals surface area contributed by atoms with E-state index in [9.17, 15) is 0 Å². The van der Waals surface area contributed by atoms with E-state index in [1.54, 1.807) is 0 Å². The van der Waals surface area contributed by atoms with Crippen molar-refractivity contribution in [3.05, 3.63) is 66.0 Å². The molecule has 1 nitrogen and oxygen atoms in total. The van der Waals surface area contributed by atoms with Gasteiger partial charge >= 0.3 is 0 Å². The maximum atomic E-state index is 2.36. The summed E-state index contributed by atoms with van der Waals surface area (Å²) in [7, 11) is 0. The molecule has 1 heterocycles. The van der Waals surface area contributed by atoms with Gasteiger partial charge in [-0.05, 0) is 18.4 Å². The molecule has 0 amide bonds. The van der Waals surface area contributed by atoms with Crippen LogP contribution in [-0.4, -0.2) is 0 Å². The van der Waals surface area contributed by atoms with E-state index in [4.69, 9.17) is 0 Å². The van der Waals surface area contributed by atoms with Crippen molar-refractivity contribution in [3.63, 3.8) is 0 Å². The SMILES string of the molecule is CCCCCCCCCCCCCCc1cc[n+](C(CC)c2ccccc2)cc1. The lowest BCUT2D eigenvalue weighted by Gasteiger charge is -2.11. The molecular weight excluding hydrogens is 350 g/mol. The largest absolute Gasteiger partial charge is 0.198 e. The first kappa shape index (κ1) is 23.6. The van der Waals surface area contributed by atoms with Crippen molar-refractivity contribution in [3.8, 4) is 0 Å². The first-order chi connectivity index (χ1) is 14.3. The number of aryl methyl sites for hydroxylation is 1. The molecule has 2 rings (SSSR count). The van der Waals surface area contributed by atoms with Crippen LogP contribution in [-0.2, 0) is 6.42 Å². The number of nitrogens with zero attached hydrogens (tertiary/aromatic N) is 1. The lowest BCUT2D eigenvalue weighted by molar-refractivity contribution is -0.714. The van der Waals surface area contributed by atoms with Crippen molar-refractivity contribution >= 4 is 0 Å². The van der Waals surface area contributed by atoms with Gasteiger partial charge < -0.3 is 0 Å². The number of hydrogen-bond donors (Lipinski definition) is 0. The lowest BCUT2D eigenvalue weighted by atomic mass is 10.0. The number of pyridine rings is 1. The van der Waals surface area contributed by atoms with E-state index in [0.29, 0.717) is 6.04 Å². The van der Waals surface area contributed by atoms with Gasteiger partial charge in [-0.25, -0.2) is 0 Å². The average molecular weight is 395 g/mol. The fourth-order valence-electron chi connectivity index (χ4n) is 4.31. The van der Waals surface area contributed by atoms with Gasteiger partial charge in [-0.2, -0.15) is 4.57 Å². The van der Waals surface area contributed by atoms with Gasteiger partial charge in [0.25, 0.3) is 0 Å². The van der Waals surface area contributed by atoms with Crippen LogP contribution < -0.4 is 4.57 Å². The summed E-state index contributed by atoms with van der Waals surface area (Å²) < 4.78 is 2.36. The maximum Gasteiger partial charge on any atom is 0.183 e. The fourth-order valence-corrected chi connectivity index (χ4v) is 4.31. The maximum absolute atomic E-state index is 2.36. The molecule has 1 aromatic heterocycles. The molecule has 0 N–H and O–H groups in total. The number of unbranched alkanes of at least 4 members (excludes halogenated alkanes) is 11. The molecule has 0 fully saturated rings. The Morgan fingerprint density at radius 1 is 0.621 bits per heavy atom. The summed E-state index contributed by atoms with van der Waals surface area (Å²) in [5, 5.41) is 0. The van der Waals surface area contributed by atoms with Gasteiger partial charge in [0, 0.05) is 24.1 Å². The standard InChI is InChI=1S/C28H44N/c1-3-5-6-7-8-9-10-11-12-13-14-16-19-26-22-24-29(25-23-26)28(4-2)27-20-17-15-18-21-27/h15,17-18,20-25,28H,3-14,16,19H2,1-2H3/q+1. The minimum Gasteiger partial charge on any atom is -0.198 e. The second-order valence-electron chi connectivity index (χ2n) is 8.63. The normalized spacial score (nSPS) is 12.2. The summed E-state index contributed by atoms with van der Waals surface area (Å²) in [6.45, 7) is 4.56. The van der Waals surface area contributed by atoms with Gasteiger partial charge in [-0.1, -0.05) is 115 Å². The predicted octanol–water partition coefficient (Wildman–Crippen LogP) is 8.22. The Bertz CT molecular complexity index is 617. The zero-order chi connectivity index (χ0) is 20.6. The zero-order valence-corrected chi connectivity index (χ0v) is 19.1. The van der Waals surface area contributed by atoms with Gasteiger partial charge in [0.1, 0.15) is 0 Å². The van der Waals surface area contributed by atoms with Crippen molar-refractivity contribution in [1.82, 2.24) is 0 Å². The molecule has 0 bridgehead atoms. The topological polar surface area (TPSA) is 3.88 Å². The molecular formula is C28H44N+. The summed E-state index contributed by atoms with van der Waals surface area (Å²) in [4.78, 5) is 0. The number of aromatic nitrogens is 1. The molecule has 0 saturated heterocycles.